The number of halogens is 2. The zero-order chi connectivity index (χ0) is 21.0. The molecule has 1 N–H and O–H groups in total. The third-order valence-corrected chi connectivity index (χ3v) is 4.79. The van der Waals surface area contributed by atoms with Crippen LogP contribution in [0.4, 0.5) is 4.39 Å². The number of ether oxygens (including phenoxy) is 1. The van der Waals surface area contributed by atoms with E-state index in [1.165, 1.54) is 12.1 Å². The zero-order valence-corrected chi connectivity index (χ0v) is 20.6. The minimum Gasteiger partial charge on any atom is -0.443 e. The average Bonchev–Trinajstić information content (AvgIpc) is 3.15. The largest absolute Gasteiger partial charge is 0.443 e. The summed E-state index contributed by atoms with van der Waals surface area (Å²) in [6.07, 6.45) is 1.66. The number of morpholine rings is 1. The van der Waals surface area contributed by atoms with Gasteiger partial charge in [0.1, 0.15) is 24.2 Å². The van der Waals surface area contributed by atoms with Gasteiger partial charge >= 0.3 is 0 Å². The van der Waals surface area contributed by atoms with Crippen molar-refractivity contribution in [1.29, 1.82) is 0 Å². The van der Waals surface area contributed by atoms with Crippen LogP contribution >= 0.6 is 24.0 Å². The first-order valence-corrected chi connectivity index (χ1v) is 10.2. The van der Waals surface area contributed by atoms with Crippen molar-refractivity contribution in [2.45, 2.75) is 58.8 Å². The van der Waals surface area contributed by atoms with Crippen LogP contribution < -0.4 is 5.32 Å². The Hall–Kier alpha value is -1.68. The highest BCUT2D eigenvalue weighted by Gasteiger charge is 2.28. The third-order valence-electron chi connectivity index (χ3n) is 4.79. The van der Waals surface area contributed by atoms with E-state index in [1.807, 2.05) is 13.8 Å². The quantitative estimate of drug-likeness (QED) is 0.354. The molecule has 166 valence electrons. The molecule has 1 saturated heterocycles. The molecule has 30 heavy (non-hydrogen) atoms. The summed E-state index contributed by atoms with van der Waals surface area (Å²) >= 11 is 0. The molecular formula is C22H32FIN4O2. The molecule has 1 aromatic heterocycles. The number of oxazole rings is 1. The molecule has 0 bridgehead atoms. The Morgan fingerprint density at radius 2 is 1.97 bits per heavy atom. The molecular weight excluding hydrogens is 498 g/mol. The fourth-order valence-corrected chi connectivity index (χ4v) is 3.28. The van der Waals surface area contributed by atoms with Crippen molar-refractivity contribution < 1.29 is 13.5 Å². The van der Waals surface area contributed by atoms with Crippen LogP contribution in [0.25, 0.3) is 0 Å². The summed E-state index contributed by atoms with van der Waals surface area (Å²) in [6, 6.07) is 6.50. The van der Waals surface area contributed by atoms with Gasteiger partial charge in [-0.15, -0.1) is 24.0 Å². The molecule has 0 saturated carbocycles. The number of aromatic nitrogens is 1. The first-order valence-electron chi connectivity index (χ1n) is 10.2. The lowest BCUT2D eigenvalue weighted by Crippen LogP contribution is -2.50. The summed E-state index contributed by atoms with van der Waals surface area (Å²) in [4.78, 5) is 11.3. The standard InChI is InChI=1S/C22H31FN4O2.HI/c1-6-24-21(26-12-20-25-11-19(29-20)22(3,4)5)27-13-15(2)28-18(14-27)16-7-9-17(23)10-8-16;/h7-11,15,18H,6,12-14H2,1-5H3,(H,24,26);1H. The fourth-order valence-electron chi connectivity index (χ4n) is 3.28. The van der Waals surface area contributed by atoms with Crippen molar-refractivity contribution in [3.63, 3.8) is 0 Å². The van der Waals surface area contributed by atoms with E-state index in [4.69, 9.17) is 14.1 Å². The molecule has 8 heteroatoms. The molecule has 0 amide bonds. The van der Waals surface area contributed by atoms with Gasteiger partial charge in [0.15, 0.2) is 5.96 Å². The Balaban J connectivity index is 0.00000320. The summed E-state index contributed by atoms with van der Waals surface area (Å²) in [5.41, 5.74) is 0.878. The maximum Gasteiger partial charge on any atom is 0.216 e. The number of aliphatic imine (C=N–C) groups is 1. The topological polar surface area (TPSA) is 62.9 Å². The highest BCUT2D eigenvalue weighted by molar-refractivity contribution is 14.0. The molecule has 0 radical (unpaired) electrons. The van der Waals surface area contributed by atoms with Gasteiger partial charge in [-0.1, -0.05) is 32.9 Å². The molecule has 1 aliphatic heterocycles. The molecule has 2 unspecified atom stereocenters. The van der Waals surface area contributed by atoms with E-state index in [1.54, 1.807) is 18.3 Å². The summed E-state index contributed by atoms with van der Waals surface area (Å²) in [7, 11) is 0. The normalized spacial score (nSPS) is 20.1. The second kappa shape index (κ2) is 10.6. The highest BCUT2D eigenvalue weighted by atomic mass is 127. The number of hydrogen-bond acceptors (Lipinski definition) is 4. The van der Waals surface area contributed by atoms with Gasteiger partial charge in [-0.3, -0.25) is 0 Å². The zero-order valence-electron chi connectivity index (χ0n) is 18.3. The SMILES string of the molecule is CCNC(=NCc1ncc(C(C)(C)C)o1)N1CC(C)OC(c2ccc(F)cc2)C1.I. The van der Waals surface area contributed by atoms with E-state index >= 15 is 0 Å². The minimum absolute atomic E-state index is 0. The van der Waals surface area contributed by atoms with Gasteiger partial charge in [-0.25, -0.2) is 14.4 Å². The van der Waals surface area contributed by atoms with Crippen LogP contribution in [-0.2, 0) is 16.7 Å². The van der Waals surface area contributed by atoms with Crippen LogP contribution in [0.1, 0.15) is 57.9 Å². The lowest BCUT2D eigenvalue weighted by Gasteiger charge is -2.38. The molecule has 0 spiro atoms. The summed E-state index contributed by atoms with van der Waals surface area (Å²) in [5.74, 6) is 2.00. The van der Waals surface area contributed by atoms with Crippen LogP contribution in [0.2, 0.25) is 0 Å². The van der Waals surface area contributed by atoms with Gasteiger partial charge in [-0.2, -0.15) is 0 Å². The molecule has 0 aliphatic carbocycles. The molecule has 3 rings (SSSR count). The lowest BCUT2D eigenvalue weighted by molar-refractivity contribution is -0.0605. The van der Waals surface area contributed by atoms with Crippen molar-refractivity contribution in [3.05, 3.63) is 53.5 Å². The number of rotatable bonds is 4. The third kappa shape index (κ3) is 6.41. The Bertz CT molecular complexity index is 832. The van der Waals surface area contributed by atoms with Crippen molar-refractivity contribution >= 4 is 29.9 Å². The van der Waals surface area contributed by atoms with Gasteiger partial charge in [0.05, 0.1) is 18.8 Å². The Morgan fingerprint density at radius 1 is 1.27 bits per heavy atom. The molecule has 1 fully saturated rings. The van der Waals surface area contributed by atoms with Crippen molar-refractivity contribution in [2.24, 2.45) is 4.99 Å². The monoisotopic (exact) mass is 530 g/mol. The van der Waals surface area contributed by atoms with Gasteiger partial charge in [-0.05, 0) is 31.5 Å². The van der Waals surface area contributed by atoms with E-state index in [9.17, 15) is 4.39 Å². The predicted molar refractivity (Wildman–Crippen MR) is 127 cm³/mol. The van der Waals surface area contributed by atoms with Gasteiger partial charge in [0.2, 0.25) is 5.89 Å². The van der Waals surface area contributed by atoms with E-state index in [-0.39, 0.29) is 47.4 Å². The summed E-state index contributed by atoms with van der Waals surface area (Å²) < 4.78 is 25.2. The van der Waals surface area contributed by atoms with Crippen LogP contribution in [0.5, 0.6) is 0 Å². The van der Waals surface area contributed by atoms with E-state index in [2.05, 4.69) is 36.0 Å². The smallest absolute Gasteiger partial charge is 0.216 e. The van der Waals surface area contributed by atoms with Gasteiger partial charge in [0, 0.05) is 18.5 Å². The van der Waals surface area contributed by atoms with E-state index in [0.29, 0.717) is 19.0 Å². The predicted octanol–water partition coefficient (Wildman–Crippen LogP) is 4.66. The minimum atomic E-state index is -0.245. The van der Waals surface area contributed by atoms with Crippen LogP contribution in [-0.4, -0.2) is 41.6 Å². The number of nitrogens with zero attached hydrogens (tertiary/aromatic N) is 3. The molecule has 6 nitrogen and oxygen atoms in total. The Labute approximate surface area is 195 Å². The molecule has 2 aromatic rings. The molecule has 1 aromatic carbocycles. The maximum atomic E-state index is 13.3. The fraction of sp³-hybridized carbons (Fsp3) is 0.545. The van der Waals surface area contributed by atoms with Gasteiger partial charge < -0.3 is 19.4 Å². The average molecular weight is 530 g/mol. The second-order valence-corrected chi connectivity index (χ2v) is 8.43. The Kier molecular flexibility index (Phi) is 8.66. The lowest BCUT2D eigenvalue weighted by atomic mass is 9.94. The van der Waals surface area contributed by atoms with Crippen LogP contribution in [0.3, 0.4) is 0 Å². The first kappa shape index (κ1) is 24.6. The molecule has 2 heterocycles. The van der Waals surface area contributed by atoms with E-state index < -0.39 is 0 Å². The van der Waals surface area contributed by atoms with Crippen molar-refractivity contribution in [3.8, 4) is 0 Å². The number of benzene rings is 1. The van der Waals surface area contributed by atoms with Gasteiger partial charge in [0.25, 0.3) is 0 Å². The highest BCUT2D eigenvalue weighted by Crippen LogP contribution is 2.26. The summed E-state index contributed by atoms with van der Waals surface area (Å²) in [5, 5.41) is 3.35. The van der Waals surface area contributed by atoms with Crippen LogP contribution in [0, 0.1) is 5.82 Å². The van der Waals surface area contributed by atoms with E-state index in [0.717, 1.165) is 30.4 Å². The molecule has 2 atom stereocenters. The molecule has 1 aliphatic rings. The number of guanidine groups is 1. The first-order chi connectivity index (χ1) is 13.8. The maximum absolute atomic E-state index is 13.3. The Morgan fingerprint density at radius 3 is 2.57 bits per heavy atom. The van der Waals surface area contributed by atoms with Crippen molar-refractivity contribution in [1.82, 2.24) is 15.2 Å². The summed E-state index contributed by atoms with van der Waals surface area (Å²) in [6.45, 7) is 12.8. The van der Waals surface area contributed by atoms with Crippen molar-refractivity contribution in [2.75, 3.05) is 19.6 Å². The second-order valence-electron chi connectivity index (χ2n) is 8.43. The van der Waals surface area contributed by atoms with Crippen LogP contribution in [0.15, 0.2) is 39.9 Å². The number of hydrogen-bond donors (Lipinski definition) is 1. The number of nitrogens with one attached hydrogen (secondary N) is 1.